The van der Waals surface area contributed by atoms with Crippen LogP contribution in [0.3, 0.4) is 0 Å². The Labute approximate surface area is 135 Å². The molecule has 21 heavy (non-hydrogen) atoms. The minimum absolute atomic E-state index is 0.723. The molecule has 0 saturated carbocycles. The highest BCUT2D eigenvalue weighted by molar-refractivity contribution is 4.61. The number of hydrogen-bond acceptors (Lipinski definition) is 1. The summed E-state index contributed by atoms with van der Waals surface area (Å²) in [5.41, 5.74) is 0. The van der Waals surface area contributed by atoms with Gasteiger partial charge in [0.2, 0.25) is 0 Å². The number of nitrogens with one attached hydrogen (secondary N) is 1. The molecule has 0 aromatic carbocycles. The van der Waals surface area contributed by atoms with Crippen molar-refractivity contribution in [2.45, 2.75) is 123 Å². The minimum Gasteiger partial charge on any atom is -0.314 e. The molecule has 0 aromatic heterocycles. The van der Waals surface area contributed by atoms with Crippen LogP contribution in [0.4, 0.5) is 0 Å². The summed E-state index contributed by atoms with van der Waals surface area (Å²) in [6.07, 6.45) is 21.3. The van der Waals surface area contributed by atoms with E-state index in [1.54, 1.807) is 0 Å². The molecule has 0 heterocycles. The zero-order valence-corrected chi connectivity index (χ0v) is 15.4. The van der Waals surface area contributed by atoms with Gasteiger partial charge in [-0.15, -0.1) is 0 Å². The van der Waals surface area contributed by atoms with Gasteiger partial charge in [-0.1, -0.05) is 97.3 Å². The van der Waals surface area contributed by atoms with E-state index in [2.05, 4.69) is 26.1 Å². The van der Waals surface area contributed by atoms with Gasteiger partial charge in [0, 0.05) is 6.04 Å². The quantitative estimate of drug-likeness (QED) is 0.289. The first-order valence-corrected chi connectivity index (χ1v) is 10.0. The van der Waals surface area contributed by atoms with E-state index in [0.717, 1.165) is 6.04 Å². The molecule has 0 radical (unpaired) electrons. The molecule has 1 heteroatoms. The molecule has 0 bridgehead atoms. The summed E-state index contributed by atoms with van der Waals surface area (Å²) in [5, 5.41) is 3.68. The molecule has 1 atom stereocenters. The monoisotopic (exact) mass is 297 g/mol. The van der Waals surface area contributed by atoms with Crippen molar-refractivity contribution in [2.24, 2.45) is 0 Å². The van der Waals surface area contributed by atoms with Crippen LogP contribution in [-0.2, 0) is 0 Å². The van der Waals surface area contributed by atoms with Gasteiger partial charge in [0.1, 0.15) is 0 Å². The lowest BCUT2D eigenvalue weighted by molar-refractivity contribution is 0.467. The van der Waals surface area contributed by atoms with Crippen LogP contribution < -0.4 is 5.32 Å². The zero-order valence-electron chi connectivity index (χ0n) is 15.4. The minimum atomic E-state index is 0.723. The number of unbranched alkanes of at least 4 members (excludes halogenated alkanes) is 12. The summed E-state index contributed by atoms with van der Waals surface area (Å²) < 4.78 is 0. The summed E-state index contributed by atoms with van der Waals surface area (Å²) in [5.74, 6) is 0. The van der Waals surface area contributed by atoms with Crippen molar-refractivity contribution in [1.29, 1.82) is 0 Å². The highest BCUT2D eigenvalue weighted by Crippen LogP contribution is 2.10. The first kappa shape index (κ1) is 21.0. The van der Waals surface area contributed by atoms with Crippen LogP contribution in [0.25, 0.3) is 0 Å². The largest absolute Gasteiger partial charge is 0.314 e. The summed E-state index contributed by atoms with van der Waals surface area (Å²) in [6, 6.07) is 0.723. The Morgan fingerprint density at radius 2 is 1.00 bits per heavy atom. The highest BCUT2D eigenvalue weighted by atomic mass is 14.9. The summed E-state index contributed by atoms with van der Waals surface area (Å²) in [7, 11) is 0. The third-order valence-corrected chi connectivity index (χ3v) is 4.51. The van der Waals surface area contributed by atoms with Gasteiger partial charge in [0.05, 0.1) is 0 Å². The third-order valence-electron chi connectivity index (χ3n) is 4.51. The molecule has 0 amide bonds. The van der Waals surface area contributed by atoms with Crippen molar-refractivity contribution in [1.82, 2.24) is 5.32 Å². The second kappa shape index (κ2) is 18.0. The predicted octanol–water partition coefficient (Wildman–Crippen LogP) is 6.86. The maximum Gasteiger partial charge on any atom is 0.00387 e. The lowest BCUT2D eigenvalue weighted by atomic mass is 10.1. The molecule has 0 aromatic rings. The maximum atomic E-state index is 3.68. The van der Waals surface area contributed by atoms with Gasteiger partial charge in [-0.2, -0.15) is 0 Å². The van der Waals surface area contributed by atoms with E-state index in [1.165, 1.54) is 103 Å². The van der Waals surface area contributed by atoms with E-state index in [1.807, 2.05) is 0 Å². The van der Waals surface area contributed by atoms with Gasteiger partial charge >= 0.3 is 0 Å². The van der Waals surface area contributed by atoms with Crippen LogP contribution in [0.2, 0.25) is 0 Å². The normalized spacial score (nSPS) is 12.7. The SMILES string of the molecule is CCCCCCCCCCCCNC(C)CCCCCC. The molecule has 0 rings (SSSR count). The fourth-order valence-corrected chi connectivity index (χ4v) is 2.94. The lowest BCUT2D eigenvalue weighted by Crippen LogP contribution is -2.26. The van der Waals surface area contributed by atoms with E-state index in [-0.39, 0.29) is 0 Å². The number of hydrogen-bond donors (Lipinski definition) is 1. The van der Waals surface area contributed by atoms with Gasteiger partial charge in [0.25, 0.3) is 0 Å². The van der Waals surface area contributed by atoms with E-state index < -0.39 is 0 Å². The van der Waals surface area contributed by atoms with E-state index in [4.69, 9.17) is 0 Å². The summed E-state index contributed by atoms with van der Waals surface area (Å²) in [4.78, 5) is 0. The molecular formula is C20H43N. The van der Waals surface area contributed by atoms with Crippen LogP contribution in [0.5, 0.6) is 0 Å². The number of rotatable bonds is 17. The van der Waals surface area contributed by atoms with E-state index in [0.29, 0.717) is 0 Å². The Balaban J connectivity index is 3.07. The van der Waals surface area contributed by atoms with E-state index in [9.17, 15) is 0 Å². The Kier molecular flexibility index (Phi) is 18.0. The molecule has 128 valence electrons. The first-order valence-electron chi connectivity index (χ1n) is 10.0. The van der Waals surface area contributed by atoms with Crippen molar-refractivity contribution in [2.75, 3.05) is 6.54 Å². The Bertz CT molecular complexity index is 179. The standard InChI is InChI=1S/C20H43N/c1-4-6-8-10-11-12-13-14-15-17-19-21-20(3)18-16-9-7-5-2/h20-21H,4-19H2,1-3H3. The maximum absolute atomic E-state index is 3.68. The summed E-state index contributed by atoms with van der Waals surface area (Å²) >= 11 is 0. The molecule has 0 aliphatic carbocycles. The highest BCUT2D eigenvalue weighted by Gasteiger charge is 2.00. The van der Waals surface area contributed by atoms with Crippen LogP contribution in [0.1, 0.15) is 117 Å². The molecule has 1 N–H and O–H groups in total. The topological polar surface area (TPSA) is 12.0 Å². The van der Waals surface area contributed by atoms with Gasteiger partial charge in [0.15, 0.2) is 0 Å². The van der Waals surface area contributed by atoms with Crippen molar-refractivity contribution in [3.05, 3.63) is 0 Å². The zero-order chi connectivity index (χ0) is 15.6. The smallest absolute Gasteiger partial charge is 0.00387 e. The van der Waals surface area contributed by atoms with Gasteiger partial charge in [-0.3, -0.25) is 0 Å². The molecule has 0 saturated heterocycles. The van der Waals surface area contributed by atoms with Gasteiger partial charge in [-0.25, -0.2) is 0 Å². The Hall–Kier alpha value is -0.0400. The van der Waals surface area contributed by atoms with Gasteiger partial charge < -0.3 is 5.32 Å². The Morgan fingerprint density at radius 1 is 0.571 bits per heavy atom. The molecule has 0 aliphatic heterocycles. The fourth-order valence-electron chi connectivity index (χ4n) is 2.94. The lowest BCUT2D eigenvalue weighted by Gasteiger charge is -2.13. The van der Waals surface area contributed by atoms with Crippen molar-refractivity contribution in [3.63, 3.8) is 0 Å². The molecule has 1 nitrogen and oxygen atoms in total. The van der Waals surface area contributed by atoms with Crippen LogP contribution in [0.15, 0.2) is 0 Å². The fraction of sp³-hybridized carbons (Fsp3) is 1.00. The van der Waals surface area contributed by atoms with Crippen LogP contribution in [0, 0.1) is 0 Å². The van der Waals surface area contributed by atoms with Crippen molar-refractivity contribution < 1.29 is 0 Å². The predicted molar refractivity (Wildman–Crippen MR) is 98.1 cm³/mol. The average Bonchev–Trinajstić information content (AvgIpc) is 2.49. The molecule has 1 unspecified atom stereocenters. The van der Waals surface area contributed by atoms with Gasteiger partial charge in [-0.05, 0) is 26.3 Å². The Morgan fingerprint density at radius 3 is 1.52 bits per heavy atom. The molecular weight excluding hydrogens is 254 g/mol. The van der Waals surface area contributed by atoms with Crippen molar-refractivity contribution >= 4 is 0 Å². The third kappa shape index (κ3) is 17.9. The van der Waals surface area contributed by atoms with Crippen molar-refractivity contribution in [3.8, 4) is 0 Å². The average molecular weight is 298 g/mol. The first-order chi connectivity index (χ1) is 10.3. The second-order valence-corrected chi connectivity index (χ2v) is 6.89. The van der Waals surface area contributed by atoms with Crippen LogP contribution >= 0.6 is 0 Å². The second-order valence-electron chi connectivity index (χ2n) is 6.89. The van der Waals surface area contributed by atoms with E-state index >= 15 is 0 Å². The molecule has 0 fully saturated rings. The molecule has 0 spiro atoms. The molecule has 0 aliphatic rings. The van der Waals surface area contributed by atoms with Crippen LogP contribution in [-0.4, -0.2) is 12.6 Å². The summed E-state index contributed by atoms with van der Waals surface area (Å²) in [6.45, 7) is 8.15.